The van der Waals surface area contributed by atoms with Crippen molar-refractivity contribution in [2.45, 2.75) is 44.9 Å². The van der Waals surface area contributed by atoms with Gasteiger partial charge in [-0.1, -0.05) is 32.0 Å². The maximum Gasteiger partial charge on any atom is 0.306 e. The summed E-state index contributed by atoms with van der Waals surface area (Å²) in [6.45, 7) is 5.61. The zero-order valence-electron chi connectivity index (χ0n) is 13.3. The molecular weight excluding hydrogens is 278 g/mol. The fraction of sp³-hybridized carbons (Fsp3) is 0.556. The van der Waals surface area contributed by atoms with Crippen molar-refractivity contribution in [1.82, 2.24) is 0 Å². The van der Waals surface area contributed by atoms with Crippen molar-refractivity contribution >= 4 is 17.6 Å². The molecule has 22 heavy (non-hydrogen) atoms. The maximum absolute atomic E-state index is 12.7. The van der Waals surface area contributed by atoms with Crippen LogP contribution >= 0.6 is 0 Å². The van der Waals surface area contributed by atoms with Crippen LogP contribution in [0.1, 0.15) is 45.1 Å². The average Bonchev–Trinajstić information content (AvgIpc) is 2.82. The summed E-state index contributed by atoms with van der Waals surface area (Å²) in [6, 6.07) is 8.19. The Balaban J connectivity index is 1.83. The van der Waals surface area contributed by atoms with Gasteiger partial charge >= 0.3 is 5.97 Å². The third kappa shape index (κ3) is 2.87. The number of ether oxygens (including phenoxy) is 1. The number of para-hydroxylation sites is 1. The van der Waals surface area contributed by atoms with Crippen LogP contribution in [0.4, 0.5) is 5.69 Å². The zero-order chi connectivity index (χ0) is 15.7. The Bertz CT molecular complexity index is 594. The Morgan fingerprint density at radius 3 is 2.86 bits per heavy atom. The van der Waals surface area contributed by atoms with E-state index < -0.39 is 0 Å². The van der Waals surface area contributed by atoms with Gasteiger partial charge in [0.15, 0.2) is 0 Å². The molecule has 1 saturated heterocycles. The molecule has 2 aliphatic rings. The lowest BCUT2D eigenvalue weighted by atomic mass is 9.80. The van der Waals surface area contributed by atoms with Crippen LogP contribution in [0.3, 0.4) is 0 Å². The zero-order valence-corrected chi connectivity index (χ0v) is 13.3. The molecule has 0 N–H and O–H groups in total. The van der Waals surface area contributed by atoms with E-state index in [4.69, 9.17) is 4.74 Å². The van der Waals surface area contributed by atoms with Gasteiger partial charge in [-0.15, -0.1) is 0 Å². The second-order valence-electron chi connectivity index (χ2n) is 7.01. The summed E-state index contributed by atoms with van der Waals surface area (Å²) in [5, 5.41) is 0. The van der Waals surface area contributed by atoms with Crippen LogP contribution in [-0.2, 0) is 19.7 Å². The van der Waals surface area contributed by atoms with Crippen molar-refractivity contribution in [3.05, 3.63) is 29.8 Å². The van der Waals surface area contributed by atoms with Gasteiger partial charge in [-0.25, -0.2) is 0 Å². The number of fused-ring (bicyclic) bond motifs is 1. The molecule has 1 aromatic carbocycles. The summed E-state index contributed by atoms with van der Waals surface area (Å²) in [5.41, 5.74) is 2.35. The van der Waals surface area contributed by atoms with Gasteiger partial charge in [0, 0.05) is 24.6 Å². The van der Waals surface area contributed by atoms with Crippen molar-refractivity contribution in [2.24, 2.45) is 5.92 Å². The van der Waals surface area contributed by atoms with Gasteiger partial charge in [-0.3, -0.25) is 9.59 Å². The molecule has 2 heterocycles. The first-order chi connectivity index (χ1) is 10.5. The highest BCUT2D eigenvalue weighted by molar-refractivity contribution is 5.95. The van der Waals surface area contributed by atoms with Crippen LogP contribution < -0.4 is 4.90 Å². The molecule has 4 heteroatoms. The minimum absolute atomic E-state index is 0.0309. The van der Waals surface area contributed by atoms with Gasteiger partial charge in [0.25, 0.3) is 0 Å². The number of nitrogens with zero attached hydrogens (tertiary/aromatic N) is 1. The second kappa shape index (κ2) is 5.75. The van der Waals surface area contributed by atoms with E-state index in [0.29, 0.717) is 19.4 Å². The summed E-state index contributed by atoms with van der Waals surface area (Å²) in [5.74, 6) is -0.0490. The minimum Gasteiger partial charge on any atom is -0.465 e. The van der Waals surface area contributed by atoms with Crippen molar-refractivity contribution < 1.29 is 14.3 Å². The predicted octanol–water partition coefficient (Wildman–Crippen LogP) is 3.04. The molecule has 0 saturated carbocycles. The fourth-order valence-corrected chi connectivity index (χ4v) is 3.53. The highest BCUT2D eigenvalue weighted by atomic mass is 16.5. The lowest BCUT2D eigenvalue weighted by Gasteiger charge is -2.28. The molecule has 1 atom stereocenters. The number of anilines is 1. The number of carbonyl (C=O) groups excluding carboxylic acids is 2. The Morgan fingerprint density at radius 1 is 1.36 bits per heavy atom. The summed E-state index contributed by atoms with van der Waals surface area (Å²) >= 11 is 0. The Morgan fingerprint density at radius 2 is 2.14 bits per heavy atom. The molecule has 118 valence electrons. The maximum atomic E-state index is 12.7. The number of hydrogen-bond donors (Lipinski definition) is 0. The molecule has 0 radical (unpaired) electrons. The molecule has 1 amide bonds. The largest absolute Gasteiger partial charge is 0.465 e. The van der Waals surface area contributed by atoms with Crippen molar-refractivity contribution in [3.63, 3.8) is 0 Å². The monoisotopic (exact) mass is 301 g/mol. The van der Waals surface area contributed by atoms with Gasteiger partial charge in [-0.2, -0.15) is 0 Å². The van der Waals surface area contributed by atoms with Gasteiger partial charge in [0.05, 0.1) is 13.0 Å². The van der Waals surface area contributed by atoms with E-state index in [2.05, 4.69) is 19.9 Å². The van der Waals surface area contributed by atoms with Crippen molar-refractivity contribution in [1.29, 1.82) is 0 Å². The summed E-state index contributed by atoms with van der Waals surface area (Å²) < 4.78 is 4.97. The Hall–Kier alpha value is -1.84. The molecular formula is C18H23NO3. The number of hydrogen-bond acceptors (Lipinski definition) is 3. The number of rotatable bonds is 2. The third-order valence-electron chi connectivity index (χ3n) is 4.81. The number of esters is 1. The van der Waals surface area contributed by atoms with Crippen LogP contribution in [-0.4, -0.2) is 25.0 Å². The molecule has 1 fully saturated rings. The lowest BCUT2D eigenvalue weighted by Crippen LogP contribution is -2.33. The molecule has 1 aromatic rings. The molecule has 0 bridgehead atoms. The highest BCUT2D eigenvalue weighted by Gasteiger charge is 2.33. The predicted molar refractivity (Wildman–Crippen MR) is 84.7 cm³/mol. The van der Waals surface area contributed by atoms with Gasteiger partial charge in [0.1, 0.15) is 0 Å². The van der Waals surface area contributed by atoms with Crippen molar-refractivity contribution in [3.8, 4) is 0 Å². The number of carbonyl (C=O) groups is 2. The first-order valence-corrected chi connectivity index (χ1v) is 8.03. The van der Waals surface area contributed by atoms with Gasteiger partial charge in [-0.05, 0) is 29.9 Å². The molecule has 2 aliphatic heterocycles. The molecule has 0 aliphatic carbocycles. The Labute approximate surface area is 131 Å². The molecule has 0 aromatic heterocycles. The van der Waals surface area contributed by atoms with E-state index in [0.717, 1.165) is 25.1 Å². The Kier molecular flexibility index (Phi) is 3.94. The highest BCUT2D eigenvalue weighted by Crippen LogP contribution is 2.39. The summed E-state index contributed by atoms with van der Waals surface area (Å²) in [6.07, 6.45) is 2.82. The van der Waals surface area contributed by atoms with Crippen LogP contribution in [0.5, 0.6) is 0 Å². The molecule has 3 rings (SSSR count). The van der Waals surface area contributed by atoms with E-state index in [1.165, 1.54) is 5.56 Å². The first kappa shape index (κ1) is 15.1. The van der Waals surface area contributed by atoms with Crippen molar-refractivity contribution in [2.75, 3.05) is 18.1 Å². The van der Waals surface area contributed by atoms with E-state index in [9.17, 15) is 9.59 Å². The van der Waals surface area contributed by atoms with E-state index in [1.807, 2.05) is 23.1 Å². The third-order valence-corrected chi connectivity index (χ3v) is 4.81. The van der Waals surface area contributed by atoms with E-state index in [-0.39, 0.29) is 23.2 Å². The SMILES string of the molecule is CC1(C)CCCN(C(=O)C[C@@H]2COC(=O)C2)c2ccccc21. The molecule has 0 spiro atoms. The fourth-order valence-electron chi connectivity index (χ4n) is 3.53. The average molecular weight is 301 g/mol. The molecule has 0 unspecified atom stereocenters. The van der Waals surface area contributed by atoms with Gasteiger partial charge < -0.3 is 9.64 Å². The normalized spacial score (nSPS) is 23.6. The second-order valence-corrected chi connectivity index (χ2v) is 7.01. The van der Waals surface area contributed by atoms with Crippen LogP contribution in [0.25, 0.3) is 0 Å². The number of benzene rings is 1. The van der Waals surface area contributed by atoms with E-state index >= 15 is 0 Å². The topological polar surface area (TPSA) is 46.6 Å². The lowest BCUT2D eigenvalue weighted by molar-refractivity contribution is -0.138. The van der Waals surface area contributed by atoms with Crippen LogP contribution in [0.15, 0.2) is 24.3 Å². The molecule has 4 nitrogen and oxygen atoms in total. The summed E-state index contributed by atoms with van der Waals surface area (Å²) in [7, 11) is 0. The van der Waals surface area contributed by atoms with E-state index in [1.54, 1.807) is 0 Å². The first-order valence-electron chi connectivity index (χ1n) is 8.03. The number of cyclic esters (lactones) is 1. The quantitative estimate of drug-likeness (QED) is 0.789. The minimum atomic E-state index is -0.185. The standard InChI is InChI=1S/C18H23NO3/c1-18(2)8-5-9-19(15-7-4-3-6-14(15)18)16(20)10-13-11-17(21)22-12-13/h3-4,6-7,13H,5,8-12H2,1-2H3/t13-/m0/s1. The summed E-state index contributed by atoms with van der Waals surface area (Å²) in [4.78, 5) is 25.9. The number of amides is 1. The smallest absolute Gasteiger partial charge is 0.306 e. The van der Waals surface area contributed by atoms with Crippen LogP contribution in [0, 0.1) is 5.92 Å². The van der Waals surface area contributed by atoms with Crippen LogP contribution in [0.2, 0.25) is 0 Å². The van der Waals surface area contributed by atoms with Gasteiger partial charge in [0.2, 0.25) is 5.91 Å².